The topological polar surface area (TPSA) is 67.9 Å². The van der Waals surface area contributed by atoms with Crippen molar-refractivity contribution in [1.82, 2.24) is 5.43 Å². The number of benzene rings is 3. The Morgan fingerprint density at radius 1 is 1.00 bits per heavy atom. The molecule has 0 radical (unpaired) electrons. The molecule has 1 N–H and O–H groups in total. The molecule has 0 aliphatic carbocycles. The van der Waals surface area contributed by atoms with Crippen molar-refractivity contribution in [3.63, 3.8) is 0 Å². The number of ether oxygens (including phenoxy) is 2. The number of para-hydroxylation sites is 1. The van der Waals surface area contributed by atoms with Gasteiger partial charge in [-0.25, -0.2) is 5.01 Å². The van der Waals surface area contributed by atoms with Gasteiger partial charge < -0.3 is 9.47 Å². The summed E-state index contributed by atoms with van der Waals surface area (Å²) in [6, 6.07) is 17.6. The molecule has 0 aromatic heterocycles. The smallest absolute Gasteiger partial charge is 0.282 e. The number of halogens is 3. The summed E-state index contributed by atoms with van der Waals surface area (Å²) in [6.07, 6.45) is 1.52. The van der Waals surface area contributed by atoms with Crippen LogP contribution in [0.1, 0.15) is 18.1 Å². The first-order valence-electron chi connectivity index (χ1n) is 10.3. The lowest BCUT2D eigenvalue weighted by Crippen LogP contribution is -2.35. The van der Waals surface area contributed by atoms with Gasteiger partial charge in [0.15, 0.2) is 11.5 Å². The number of hydrogen-bond acceptors (Lipinski definition) is 4. The van der Waals surface area contributed by atoms with Crippen molar-refractivity contribution in [2.24, 2.45) is 0 Å². The third kappa shape index (κ3) is 5.06. The van der Waals surface area contributed by atoms with Gasteiger partial charge in [-0.05, 0) is 70.9 Å². The zero-order valence-electron chi connectivity index (χ0n) is 18.0. The summed E-state index contributed by atoms with van der Waals surface area (Å²) in [6.45, 7) is 2.36. The first kappa shape index (κ1) is 24.1. The number of hydrogen-bond donors (Lipinski definition) is 1. The summed E-state index contributed by atoms with van der Waals surface area (Å²) in [4.78, 5) is 25.4. The van der Waals surface area contributed by atoms with E-state index in [0.717, 1.165) is 0 Å². The van der Waals surface area contributed by atoms with Gasteiger partial charge in [0.25, 0.3) is 11.8 Å². The molecule has 0 unspecified atom stereocenters. The quantitative estimate of drug-likeness (QED) is 0.276. The van der Waals surface area contributed by atoms with E-state index in [0.29, 0.717) is 49.4 Å². The second kappa shape index (κ2) is 10.5. The molecule has 1 saturated heterocycles. The van der Waals surface area contributed by atoms with Gasteiger partial charge >= 0.3 is 0 Å². The standard InChI is InChI=1S/C25H19BrCl2N2O4/c1-2-33-22-13-15(11-17-24(31)29-30(25(17)32)16-7-4-3-5-8-16)12-19(26)23(22)34-14-18-20(27)9-6-10-21(18)28/h3-13H,2,14H2,1H3,(H,29,31)/b17-11-. The van der Waals surface area contributed by atoms with Gasteiger partial charge in [0.1, 0.15) is 12.2 Å². The molecule has 174 valence electrons. The fourth-order valence-electron chi connectivity index (χ4n) is 3.37. The SMILES string of the molecule is CCOc1cc(/C=C2/C(=O)NN(c3ccccc3)C2=O)cc(Br)c1OCc1c(Cl)cccc1Cl. The first-order chi connectivity index (χ1) is 16.4. The molecule has 0 atom stereocenters. The van der Waals surface area contributed by atoms with Crippen LogP contribution in [0.15, 0.2) is 70.7 Å². The molecule has 0 spiro atoms. The minimum Gasteiger partial charge on any atom is -0.490 e. The predicted molar refractivity (Wildman–Crippen MR) is 136 cm³/mol. The molecule has 1 heterocycles. The Labute approximate surface area is 215 Å². The number of anilines is 1. The molecule has 9 heteroatoms. The Morgan fingerprint density at radius 3 is 2.38 bits per heavy atom. The zero-order chi connectivity index (χ0) is 24.2. The van der Waals surface area contributed by atoms with Crippen molar-refractivity contribution in [2.75, 3.05) is 11.6 Å². The number of carbonyl (C=O) groups is 2. The van der Waals surface area contributed by atoms with E-state index in [1.165, 1.54) is 11.1 Å². The number of rotatable bonds is 7. The number of nitrogens with zero attached hydrogens (tertiary/aromatic N) is 1. The molecular formula is C25H19BrCl2N2O4. The maximum atomic E-state index is 12.9. The van der Waals surface area contributed by atoms with Crippen LogP contribution in [0, 0.1) is 0 Å². The van der Waals surface area contributed by atoms with Gasteiger partial charge in [-0.1, -0.05) is 47.5 Å². The molecule has 0 bridgehead atoms. The van der Waals surface area contributed by atoms with Gasteiger partial charge in [0.2, 0.25) is 0 Å². The van der Waals surface area contributed by atoms with E-state index >= 15 is 0 Å². The molecule has 2 amide bonds. The molecule has 34 heavy (non-hydrogen) atoms. The highest BCUT2D eigenvalue weighted by Gasteiger charge is 2.34. The van der Waals surface area contributed by atoms with E-state index in [2.05, 4.69) is 21.4 Å². The lowest BCUT2D eigenvalue weighted by molar-refractivity contribution is -0.117. The lowest BCUT2D eigenvalue weighted by atomic mass is 10.1. The van der Waals surface area contributed by atoms with Crippen LogP contribution in [0.3, 0.4) is 0 Å². The van der Waals surface area contributed by atoms with E-state index in [-0.39, 0.29) is 12.2 Å². The summed E-state index contributed by atoms with van der Waals surface area (Å²) in [5.41, 5.74) is 4.41. The van der Waals surface area contributed by atoms with Crippen LogP contribution < -0.4 is 19.9 Å². The van der Waals surface area contributed by atoms with Gasteiger partial charge in [0.05, 0.1) is 16.8 Å². The van der Waals surface area contributed by atoms with E-state index in [1.807, 2.05) is 13.0 Å². The highest BCUT2D eigenvalue weighted by molar-refractivity contribution is 9.10. The highest BCUT2D eigenvalue weighted by atomic mass is 79.9. The van der Waals surface area contributed by atoms with Crippen LogP contribution in [-0.4, -0.2) is 18.4 Å². The monoisotopic (exact) mass is 560 g/mol. The maximum absolute atomic E-state index is 12.9. The second-order valence-corrected chi connectivity index (χ2v) is 8.90. The van der Waals surface area contributed by atoms with E-state index in [9.17, 15) is 9.59 Å². The number of nitrogens with one attached hydrogen (secondary N) is 1. The largest absolute Gasteiger partial charge is 0.490 e. The zero-order valence-corrected chi connectivity index (χ0v) is 21.1. The molecule has 4 rings (SSSR count). The molecular weight excluding hydrogens is 543 g/mol. The van der Waals surface area contributed by atoms with Gasteiger partial charge in [-0.3, -0.25) is 15.0 Å². The van der Waals surface area contributed by atoms with Crippen LogP contribution in [0.4, 0.5) is 5.69 Å². The number of hydrazine groups is 1. The maximum Gasteiger partial charge on any atom is 0.282 e. The summed E-state index contributed by atoms with van der Waals surface area (Å²) < 4.78 is 12.3. The Hall–Kier alpha value is -3.00. The second-order valence-electron chi connectivity index (χ2n) is 7.23. The fraction of sp³-hybridized carbons (Fsp3) is 0.120. The molecule has 1 fully saturated rings. The van der Waals surface area contributed by atoms with Gasteiger partial charge in [0, 0.05) is 15.6 Å². The van der Waals surface area contributed by atoms with Crippen molar-refractivity contribution in [1.29, 1.82) is 0 Å². The lowest BCUT2D eigenvalue weighted by Gasteiger charge is -2.16. The Kier molecular flexibility index (Phi) is 7.46. The third-order valence-corrected chi connectivity index (χ3v) is 6.27. The van der Waals surface area contributed by atoms with Gasteiger partial charge in [-0.15, -0.1) is 0 Å². The predicted octanol–water partition coefficient (Wildman–Crippen LogP) is 6.20. The van der Waals surface area contributed by atoms with Crippen molar-refractivity contribution in [3.8, 4) is 11.5 Å². The summed E-state index contributed by atoms with van der Waals surface area (Å²) >= 11 is 16.0. The third-order valence-electron chi connectivity index (χ3n) is 4.97. The average molecular weight is 562 g/mol. The average Bonchev–Trinajstić information content (AvgIpc) is 3.09. The van der Waals surface area contributed by atoms with E-state index < -0.39 is 11.8 Å². The Bertz CT molecular complexity index is 1260. The molecule has 3 aromatic rings. The molecule has 6 nitrogen and oxygen atoms in total. The minimum absolute atomic E-state index is 0.00900. The van der Waals surface area contributed by atoms with Gasteiger partial charge in [-0.2, -0.15) is 0 Å². The molecule has 1 aliphatic rings. The fourth-order valence-corrected chi connectivity index (χ4v) is 4.45. The van der Waals surface area contributed by atoms with Crippen LogP contribution in [0.5, 0.6) is 11.5 Å². The first-order valence-corrected chi connectivity index (χ1v) is 11.9. The van der Waals surface area contributed by atoms with Crippen LogP contribution in [0.2, 0.25) is 10.0 Å². The number of carbonyl (C=O) groups excluding carboxylic acids is 2. The summed E-state index contributed by atoms with van der Waals surface area (Å²) in [5.74, 6) is -0.0404. The normalized spacial score (nSPS) is 14.5. The van der Waals surface area contributed by atoms with E-state index in [4.69, 9.17) is 32.7 Å². The minimum atomic E-state index is -0.489. The Morgan fingerprint density at radius 2 is 1.71 bits per heavy atom. The molecule has 0 saturated carbocycles. The molecule has 3 aromatic carbocycles. The molecule has 1 aliphatic heterocycles. The van der Waals surface area contributed by atoms with Crippen LogP contribution in [0.25, 0.3) is 6.08 Å². The highest BCUT2D eigenvalue weighted by Crippen LogP contribution is 2.39. The van der Waals surface area contributed by atoms with Crippen LogP contribution in [-0.2, 0) is 16.2 Å². The number of amides is 2. The Balaban J connectivity index is 1.63. The van der Waals surface area contributed by atoms with Crippen molar-refractivity contribution >= 4 is 62.7 Å². The van der Waals surface area contributed by atoms with Crippen LogP contribution >= 0.6 is 39.1 Å². The van der Waals surface area contributed by atoms with Crippen molar-refractivity contribution in [2.45, 2.75) is 13.5 Å². The summed E-state index contributed by atoms with van der Waals surface area (Å²) in [7, 11) is 0. The van der Waals surface area contributed by atoms with Crippen molar-refractivity contribution in [3.05, 3.63) is 91.9 Å². The van der Waals surface area contributed by atoms with E-state index in [1.54, 1.807) is 54.6 Å². The summed E-state index contributed by atoms with van der Waals surface area (Å²) in [5, 5.41) is 2.21. The van der Waals surface area contributed by atoms with Crippen molar-refractivity contribution < 1.29 is 19.1 Å².